The molecule has 1 fully saturated rings. The van der Waals surface area contributed by atoms with Crippen molar-refractivity contribution in [2.75, 3.05) is 0 Å². The zero-order chi connectivity index (χ0) is 13.8. The molecule has 2 unspecified atom stereocenters. The van der Waals surface area contributed by atoms with Crippen LogP contribution in [0.1, 0.15) is 49.4 Å². The molecule has 1 aliphatic rings. The van der Waals surface area contributed by atoms with E-state index in [9.17, 15) is 9.18 Å². The summed E-state index contributed by atoms with van der Waals surface area (Å²) >= 11 is 3.10. The molecule has 0 bridgehead atoms. The van der Waals surface area contributed by atoms with E-state index in [0.29, 0.717) is 10.0 Å². The molecule has 0 aromatic heterocycles. The van der Waals surface area contributed by atoms with Gasteiger partial charge < -0.3 is 5.32 Å². The lowest BCUT2D eigenvalue weighted by Crippen LogP contribution is -2.34. The van der Waals surface area contributed by atoms with Crippen molar-refractivity contribution in [3.63, 3.8) is 0 Å². The van der Waals surface area contributed by atoms with E-state index in [2.05, 4.69) is 28.2 Å². The number of amides is 1. The summed E-state index contributed by atoms with van der Waals surface area (Å²) in [5.41, 5.74) is 0.505. The van der Waals surface area contributed by atoms with Crippen LogP contribution >= 0.6 is 15.9 Å². The Balaban J connectivity index is 1.98. The molecule has 1 aliphatic carbocycles. The highest BCUT2D eigenvalue weighted by molar-refractivity contribution is 9.10. The van der Waals surface area contributed by atoms with Gasteiger partial charge in [0.1, 0.15) is 5.82 Å². The molecule has 2 atom stereocenters. The maximum atomic E-state index is 13.1. The number of hydrogen-bond donors (Lipinski definition) is 1. The summed E-state index contributed by atoms with van der Waals surface area (Å²) in [5.74, 6) is 0.293. The lowest BCUT2D eigenvalue weighted by Gasteiger charge is -2.16. The second-order valence-electron chi connectivity index (χ2n) is 5.41. The number of benzene rings is 1. The summed E-state index contributed by atoms with van der Waals surface area (Å²) in [6.45, 7) is 2.27. The van der Waals surface area contributed by atoms with E-state index in [1.54, 1.807) is 0 Å². The van der Waals surface area contributed by atoms with Gasteiger partial charge in [-0.3, -0.25) is 4.79 Å². The van der Waals surface area contributed by atoms with Crippen LogP contribution < -0.4 is 5.32 Å². The van der Waals surface area contributed by atoms with Gasteiger partial charge >= 0.3 is 0 Å². The van der Waals surface area contributed by atoms with Crippen LogP contribution in [0.15, 0.2) is 22.7 Å². The molecule has 1 aromatic carbocycles. The van der Waals surface area contributed by atoms with Gasteiger partial charge in [-0.05, 0) is 59.3 Å². The Morgan fingerprint density at radius 3 is 2.84 bits per heavy atom. The number of carbonyl (C=O) groups excluding carboxylic acids is 1. The first-order valence-corrected chi connectivity index (χ1v) is 7.61. The van der Waals surface area contributed by atoms with E-state index in [4.69, 9.17) is 0 Å². The molecule has 0 heterocycles. The molecule has 1 aromatic rings. The van der Waals surface area contributed by atoms with Crippen molar-refractivity contribution < 1.29 is 9.18 Å². The smallest absolute Gasteiger partial charge is 0.251 e. The van der Waals surface area contributed by atoms with Gasteiger partial charge in [0, 0.05) is 11.6 Å². The van der Waals surface area contributed by atoms with Crippen LogP contribution in [-0.4, -0.2) is 11.9 Å². The molecule has 1 N–H and O–H groups in total. The molecule has 2 nitrogen and oxygen atoms in total. The topological polar surface area (TPSA) is 29.1 Å². The Morgan fingerprint density at radius 1 is 1.32 bits per heavy atom. The predicted octanol–water partition coefficient (Wildman–Crippen LogP) is 4.29. The van der Waals surface area contributed by atoms with Crippen molar-refractivity contribution in [2.45, 2.75) is 45.1 Å². The second kappa shape index (κ2) is 6.51. The fourth-order valence-corrected chi connectivity index (χ4v) is 2.92. The second-order valence-corrected chi connectivity index (χ2v) is 6.27. The summed E-state index contributed by atoms with van der Waals surface area (Å²) in [4.78, 5) is 12.1. The van der Waals surface area contributed by atoms with Crippen molar-refractivity contribution >= 4 is 21.8 Å². The highest BCUT2D eigenvalue weighted by atomic mass is 79.9. The van der Waals surface area contributed by atoms with Gasteiger partial charge in [0.05, 0.1) is 4.47 Å². The number of carbonyl (C=O) groups is 1. The Hall–Kier alpha value is -0.900. The van der Waals surface area contributed by atoms with Crippen molar-refractivity contribution in [2.24, 2.45) is 5.92 Å². The van der Waals surface area contributed by atoms with Crippen LogP contribution in [0.4, 0.5) is 4.39 Å². The molecule has 0 spiro atoms. The summed E-state index contributed by atoms with van der Waals surface area (Å²) in [6.07, 6.45) is 5.65. The highest BCUT2D eigenvalue weighted by Gasteiger charge is 2.18. The molecular weight excluding hydrogens is 309 g/mol. The zero-order valence-electron chi connectivity index (χ0n) is 11.1. The average Bonchev–Trinajstić information content (AvgIpc) is 2.58. The largest absolute Gasteiger partial charge is 0.349 e. The number of nitrogens with one attached hydrogen (secondary N) is 1. The molecule has 1 amide bonds. The molecule has 2 rings (SSSR count). The molecule has 4 heteroatoms. The molecule has 104 valence electrons. The summed E-state index contributed by atoms with van der Waals surface area (Å²) < 4.78 is 13.5. The third-order valence-corrected chi connectivity index (χ3v) is 4.38. The SMILES string of the molecule is CC1CCCC(NC(=O)c2ccc(F)c(Br)c2)CC1. The Labute approximate surface area is 121 Å². The van der Waals surface area contributed by atoms with E-state index in [1.807, 2.05) is 0 Å². The van der Waals surface area contributed by atoms with Crippen LogP contribution in [0, 0.1) is 11.7 Å². The molecule has 0 saturated heterocycles. The maximum Gasteiger partial charge on any atom is 0.251 e. The first-order chi connectivity index (χ1) is 9.06. The molecule has 1 saturated carbocycles. The first-order valence-electron chi connectivity index (χ1n) is 6.82. The third kappa shape index (κ3) is 4.03. The first kappa shape index (κ1) is 14.5. The summed E-state index contributed by atoms with van der Waals surface area (Å²) in [6, 6.07) is 4.62. The molecule has 19 heavy (non-hydrogen) atoms. The quantitative estimate of drug-likeness (QED) is 0.807. The van der Waals surface area contributed by atoms with Gasteiger partial charge in [-0.15, -0.1) is 0 Å². The van der Waals surface area contributed by atoms with Gasteiger partial charge in [0.15, 0.2) is 0 Å². The van der Waals surface area contributed by atoms with Crippen molar-refractivity contribution in [1.82, 2.24) is 5.32 Å². The molecular formula is C15H19BrFNO. The van der Waals surface area contributed by atoms with Gasteiger partial charge in [0.25, 0.3) is 5.91 Å². The fourth-order valence-electron chi connectivity index (χ4n) is 2.54. The number of hydrogen-bond acceptors (Lipinski definition) is 1. The van der Waals surface area contributed by atoms with E-state index in [0.717, 1.165) is 25.2 Å². The van der Waals surface area contributed by atoms with E-state index < -0.39 is 0 Å². The Kier molecular flexibility index (Phi) is 4.97. The zero-order valence-corrected chi connectivity index (χ0v) is 12.7. The number of halogens is 2. The van der Waals surface area contributed by atoms with Gasteiger partial charge in [0.2, 0.25) is 0 Å². The summed E-state index contributed by atoms with van der Waals surface area (Å²) in [7, 11) is 0. The highest BCUT2D eigenvalue weighted by Crippen LogP contribution is 2.23. The molecule has 0 radical (unpaired) electrons. The predicted molar refractivity (Wildman–Crippen MR) is 77.6 cm³/mol. The fraction of sp³-hybridized carbons (Fsp3) is 0.533. The van der Waals surface area contributed by atoms with Crippen molar-refractivity contribution in [3.05, 3.63) is 34.1 Å². The minimum Gasteiger partial charge on any atom is -0.349 e. The normalized spacial score (nSPS) is 23.7. The lowest BCUT2D eigenvalue weighted by molar-refractivity contribution is 0.0933. The van der Waals surface area contributed by atoms with E-state index in [-0.39, 0.29) is 17.8 Å². The minimum atomic E-state index is -0.347. The van der Waals surface area contributed by atoms with Gasteiger partial charge in [-0.25, -0.2) is 4.39 Å². The van der Waals surface area contributed by atoms with E-state index >= 15 is 0 Å². The van der Waals surface area contributed by atoms with Crippen LogP contribution in [0.3, 0.4) is 0 Å². The third-order valence-electron chi connectivity index (χ3n) is 3.77. The average molecular weight is 328 g/mol. The molecule has 0 aliphatic heterocycles. The van der Waals surface area contributed by atoms with Crippen LogP contribution in [0.2, 0.25) is 0 Å². The Bertz CT molecular complexity index is 463. The Morgan fingerprint density at radius 2 is 2.11 bits per heavy atom. The standard InChI is InChI=1S/C15H19BrFNO/c1-10-3-2-4-12(7-5-10)18-15(19)11-6-8-14(17)13(16)9-11/h6,8-10,12H,2-5,7H2,1H3,(H,18,19). The van der Waals surface area contributed by atoms with E-state index in [1.165, 1.54) is 31.0 Å². The minimum absolute atomic E-state index is 0.111. The van der Waals surface area contributed by atoms with Crippen LogP contribution in [-0.2, 0) is 0 Å². The number of rotatable bonds is 2. The summed E-state index contributed by atoms with van der Waals surface area (Å²) in [5, 5.41) is 3.06. The van der Waals surface area contributed by atoms with Crippen molar-refractivity contribution in [1.29, 1.82) is 0 Å². The van der Waals surface area contributed by atoms with Crippen molar-refractivity contribution in [3.8, 4) is 0 Å². The van der Waals surface area contributed by atoms with Crippen LogP contribution in [0.5, 0.6) is 0 Å². The van der Waals surface area contributed by atoms with Gasteiger partial charge in [-0.1, -0.05) is 19.8 Å². The maximum absolute atomic E-state index is 13.1. The lowest BCUT2D eigenvalue weighted by atomic mass is 10.0. The monoisotopic (exact) mass is 327 g/mol. The van der Waals surface area contributed by atoms with Crippen LogP contribution in [0.25, 0.3) is 0 Å². The van der Waals surface area contributed by atoms with Gasteiger partial charge in [-0.2, -0.15) is 0 Å².